The molecule has 0 heterocycles. The molecule has 0 saturated carbocycles. The minimum absolute atomic E-state index is 0.156. The number of benzene rings is 1. The predicted molar refractivity (Wildman–Crippen MR) is 59.6 cm³/mol. The number of methoxy groups -OCH3 is 1. The van der Waals surface area contributed by atoms with E-state index in [1.54, 1.807) is 19.2 Å². The SMILES string of the molecule is COCC(C)NCc1ccc(Cl)c(F)c1. The van der Waals surface area contributed by atoms with Gasteiger partial charge in [0.05, 0.1) is 11.6 Å². The van der Waals surface area contributed by atoms with Gasteiger partial charge in [-0.1, -0.05) is 17.7 Å². The van der Waals surface area contributed by atoms with Gasteiger partial charge in [0.1, 0.15) is 5.82 Å². The molecule has 0 aliphatic carbocycles. The Morgan fingerprint density at radius 2 is 2.27 bits per heavy atom. The lowest BCUT2D eigenvalue weighted by Crippen LogP contribution is -2.29. The Hall–Kier alpha value is -0.640. The largest absolute Gasteiger partial charge is 0.383 e. The Bertz CT molecular complexity index is 319. The van der Waals surface area contributed by atoms with E-state index in [0.717, 1.165) is 5.56 Å². The van der Waals surface area contributed by atoms with E-state index in [2.05, 4.69) is 5.32 Å². The van der Waals surface area contributed by atoms with Crippen LogP contribution in [-0.2, 0) is 11.3 Å². The summed E-state index contributed by atoms with van der Waals surface area (Å²) in [6.07, 6.45) is 0. The van der Waals surface area contributed by atoms with Crippen molar-refractivity contribution in [1.82, 2.24) is 5.32 Å². The van der Waals surface area contributed by atoms with Gasteiger partial charge in [-0.3, -0.25) is 0 Å². The monoisotopic (exact) mass is 231 g/mol. The minimum Gasteiger partial charge on any atom is -0.383 e. The zero-order valence-corrected chi connectivity index (χ0v) is 9.64. The molecule has 2 nitrogen and oxygen atoms in total. The molecule has 1 unspecified atom stereocenters. The highest BCUT2D eigenvalue weighted by Gasteiger charge is 2.03. The molecule has 0 saturated heterocycles. The van der Waals surface area contributed by atoms with E-state index >= 15 is 0 Å². The van der Waals surface area contributed by atoms with Crippen molar-refractivity contribution in [3.63, 3.8) is 0 Å². The number of rotatable bonds is 5. The second-order valence-corrected chi connectivity index (χ2v) is 3.89. The Labute approximate surface area is 94.4 Å². The summed E-state index contributed by atoms with van der Waals surface area (Å²) in [5.41, 5.74) is 0.875. The van der Waals surface area contributed by atoms with Gasteiger partial charge in [-0.2, -0.15) is 0 Å². The third-order valence-electron chi connectivity index (χ3n) is 2.06. The molecule has 4 heteroatoms. The van der Waals surface area contributed by atoms with Crippen LogP contribution in [0.3, 0.4) is 0 Å². The second kappa shape index (κ2) is 6.05. The maximum absolute atomic E-state index is 13.1. The topological polar surface area (TPSA) is 21.3 Å². The number of halogens is 2. The molecule has 0 aliphatic heterocycles. The Morgan fingerprint density at radius 1 is 1.53 bits per heavy atom. The van der Waals surface area contributed by atoms with Gasteiger partial charge in [-0.15, -0.1) is 0 Å². The van der Waals surface area contributed by atoms with Crippen LogP contribution in [0.2, 0.25) is 5.02 Å². The number of hydrogen-bond acceptors (Lipinski definition) is 2. The van der Waals surface area contributed by atoms with E-state index < -0.39 is 0 Å². The number of hydrogen-bond donors (Lipinski definition) is 1. The predicted octanol–water partition coefficient (Wildman–Crippen LogP) is 2.60. The highest BCUT2D eigenvalue weighted by atomic mass is 35.5. The van der Waals surface area contributed by atoms with Crippen LogP contribution in [0.1, 0.15) is 12.5 Å². The first-order valence-electron chi connectivity index (χ1n) is 4.79. The summed E-state index contributed by atoms with van der Waals surface area (Å²) in [6.45, 7) is 3.25. The van der Waals surface area contributed by atoms with Crippen LogP contribution < -0.4 is 5.32 Å². The van der Waals surface area contributed by atoms with E-state index in [0.29, 0.717) is 13.2 Å². The smallest absolute Gasteiger partial charge is 0.142 e. The number of ether oxygens (including phenoxy) is 1. The molecule has 1 N–H and O–H groups in total. The fourth-order valence-corrected chi connectivity index (χ4v) is 1.37. The molecular formula is C11H15ClFNO. The molecule has 0 aromatic heterocycles. The van der Waals surface area contributed by atoms with Crippen LogP contribution in [0, 0.1) is 5.82 Å². The molecule has 1 aromatic carbocycles. The Kier molecular flexibility index (Phi) is 5.02. The molecule has 1 rings (SSSR count). The molecule has 15 heavy (non-hydrogen) atoms. The molecular weight excluding hydrogens is 217 g/mol. The lowest BCUT2D eigenvalue weighted by atomic mass is 10.2. The van der Waals surface area contributed by atoms with Crippen LogP contribution in [0.4, 0.5) is 4.39 Å². The Balaban J connectivity index is 2.47. The van der Waals surface area contributed by atoms with Gasteiger partial charge in [0.2, 0.25) is 0 Å². The first kappa shape index (κ1) is 12.4. The normalized spacial score (nSPS) is 12.8. The molecule has 84 valence electrons. The summed E-state index contributed by atoms with van der Waals surface area (Å²) in [6, 6.07) is 5.05. The van der Waals surface area contributed by atoms with E-state index in [9.17, 15) is 4.39 Å². The third kappa shape index (κ3) is 4.16. The van der Waals surface area contributed by atoms with Crippen LogP contribution in [-0.4, -0.2) is 19.8 Å². The molecule has 0 bridgehead atoms. The van der Waals surface area contributed by atoms with Crippen molar-refractivity contribution >= 4 is 11.6 Å². The number of nitrogens with one attached hydrogen (secondary N) is 1. The fraction of sp³-hybridized carbons (Fsp3) is 0.455. The van der Waals surface area contributed by atoms with Crippen molar-refractivity contribution in [3.8, 4) is 0 Å². The van der Waals surface area contributed by atoms with Crippen LogP contribution in [0.25, 0.3) is 0 Å². The van der Waals surface area contributed by atoms with E-state index in [1.165, 1.54) is 6.07 Å². The van der Waals surface area contributed by atoms with Gasteiger partial charge >= 0.3 is 0 Å². The van der Waals surface area contributed by atoms with E-state index in [4.69, 9.17) is 16.3 Å². The average molecular weight is 232 g/mol. The van der Waals surface area contributed by atoms with Crippen molar-refractivity contribution in [3.05, 3.63) is 34.6 Å². The summed E-state index contributed by atoms with van der Waals surface area (Å²) in [5.74, 6) is -0.379. The Morgan fingerprint density at radius 3 is 2.87 bits per heavy atom. The first-order valence-corrected chi connectivity index (χ1v) is 5.17. The van der Waals surface area contributed by atoms with Crippen molar-refractivity contribution in [2.45, 2.75) is 19.5 Å². The summed E-state index contributed by atoms with van der Waals surface area (Å²) < 4.78 is 18.0. The van der Waals surface area contributed by atoms with Gasteiger partial charge < -0.3 is 10.1 Å². The molecule has 0 aliphatic rings. The second-order valence-electron chi connectivity index (χ2n) is 3.49. The van der Waals surface area contributed by atoms with Gasteiger partial charge in [0.25, 0.3) is 0 Å². The molecule has 0 radical (unpaired) electrons. The molecule has 1 atom stereocenters. The standard InChI is InChI=1S/C11H15ClFNO/c1-8(7-15-2)14-6-9-3-4-10(12)11(13)5-9/h3-5,8,14H,6-7H2,1-2H3. The molecule has 1 aromatic rings. The van der Waals surface area contributed by atoms with Crippen LogP contribution in [0.5, 0.6) is 0 Å². The zero-order valence-electron chi connectivity index (χ0n) is 8.89. The lowest BCUT2D eigenvalue weighted by molar-refractivity contribution is 0.171. The fourth-order valence-electron chi connectivity index (χ4n) is 1.25. The van der Waals surface area contributed by atoms with E-state index in [1.807, 2.05) is 6.92 Å². The summed E-state index contributed by atoms with van der Waals surface area (Å²) in [7, 11) is 1.65. The van der Waals surface area contributed by atoms with Gasteiger partial charge in [0, 0.05) is 19.7 Å². The lowest BCUT2D eigenvalue weighted by Gasteiger charge is -2.12. The van der Waals surface area contributed by atoms with Crippen molar-refractivity contribution < 1.29 is 9.13 Å². The van der Waals surface area contributed by atoms with Gasteiger partial charge in [0.15, 0.2) is 0 Å². The van der Waals surface area contributed by atoms with Crippen LogP contribution in [0.15, 0.2) is 18.2 Å². The maximum atomic E-state index is 13.1. The summed E-state index contributed by atoms with van der Waals surface area (Å²) in [4.78, 5) is 0. The van der Waals surface area contributed by atoms with Gasteiger partial charge in [-0.05, 0) is 24.6 Å². The molecule has 0 spiro atoms. The highest BCUT2D eigenvalue weighted by Crippen LogP contribution is 2.15. The third-order valence-corrected chi connectivity index (χ3v) is 2.36. The minimum atomic E-state index is -0.379. The van der Waals surface area contributed by atoms with Crippen molar-refractivity contribution in [2.75, 3.05) is 13.7 Å². The quantitative estimate of drug-likeness (QED) is 0.841. The van der Waals surface area contributed by atoms with Gasteiger partial charge in [-0.25, -0.2) is 4.39 Å². The molecule has 0 amide bonds. The molecule has 0 fully saturated rings. The van der Waals surface area contributed by atoms with Crippen molar-refractivity contribution in [2.24, 2.45) is 0 Å². The zero-order chi connectivity index (χ0) is 11.3. The van der Waals surface area contributed by atoms with Crippen molar-refractivity contribution in [1.29, 1.82) is 0 Å². The highest BCUT2D eigenvalue weighted by molar-refractivity contribution is 6.30. The summed E-state index contributed by atoms with van der Waals surface area (Å²) in [5, 5.41) is 3.37. The van der Waals surface area contributed by atoms with Crippen LogP contribution >= 0.6 is 11.6 Å². The summed E-state index contributed by atoms with van der Waals surface area (Å²) >= 11 is 5.58. The average Bonchev–Trinajstić information content (AvgIpc) is 2.20. The first-order chi connectivity index (χ1) is 7.13. The van der Waals surface area contributed by atoms with E-state index in [-0.39, 0.29) is 16.9 Å². The maximum Gasteiger partial charge on any atom is 0.142 e.